The van der Waals surface area contributed by atoms with E-state index >= 15 is 0 Å². The maximum absolute atomic E-state index is 12.5. The van der Waals surface area contributed by atoms with Crippen molar-refractivity contribution in [3.05, 3.63) is 0 Å². The van der Waals surface area contributed by atoms with E-state index in [-0.39, 0.29) is 19.8 Å². The molecule has 238 valence electrons. The number of rotatable bonds is 25. The Morgan fingerprint density at radius 3 is 1.88 bits per heavy atom. The number of carbonyl (C=O) groups excluding carboxylic acids is 1. The standard InChI is InChI=1S/C29H59N2O8P/c1-5-6-7-8-9-10-11-12-13-14-15-16-17-18-22-36-26-28(39-29(32)30-19-23-35-24-20-30)27-38-40(33,34)37-25-21-31(2,3)4/h28H,5-27H2,1-4H3. The number of phosphoric ester groups is 1. The van der Waals surface area contributed by atoms with Gasteiger partial charge in [-0.15, -0.1) is 0 Å². The average Bonchev–Trinajstić information content (AvgIpc) is 2.91. The van der Waals surface area contributed by atoms with Crippen LogP contribution in [0.5, 0.6) is 0 Å². The predicted octanol–water partition coefficient (Wildman–Crippen LogP) is 5.53. The van der Waals surface area contributed by atoms with Crippen molar-refractivity contribution in [3.8, 4) is 0 Å². The van der Waals surface area contributed by atoms with E-state index in [9.17, 15) is 14.3 Å². The molecule has 1 aliphatic heterocycles. The molecule has 0 radical (unpaired) electrons. The Balaban J connectivity index is 2.23. The fourth-order valence-electron chi connectivity index (χ4n) is 4.33. The van der Waals surface area contributed by atoms with Gasteiger partial charge in [-0.25, -0.2) is 4.79 Å². The molecule has 10 nitrogen and oxygen atoms in total. The van der Waals surface area contributed by atoms with E-state index in [0.29, 0.717) is 43.9 Å². The van der Waals surface area contributed by atoms with Crippen LogP contribution in [0.2, 0.25) is 0 Å². The summed E-state index contributed by atoms with van der Waals surface area (Å²) in [5, 5.41) is 0. The van der Waals surface area contributed by atoms with E-state index in [1.165, 1.54) is 77.0 Å². The highest BCUT2D eigenvalue weighted by Crippen LogP contribution is 2.38. The third-order valence-corrected chi connectivity index (χ3v) is 7.88. The normalized spacial score (nSPS) is 16.6. The molecule has 40 heavy (non-hydrogen) atoms. The molecule has 2 atom stereocenters. The minimum atomic E-state index is -4.52. The number of carbonyl (C=O) groups is 1. The molecule has 1 rings (SSSR count). The van der Waals surface area contributed by atoms with Crippen molar-refractivity contribution in [2.24, 2.45) is 0 Å². The first-order valence-electron chi connectivity index (χ1n) is 15.6. The number of hydrogen-bond acceptors (Lipinski definition) is 8. The zero-order valence-corrected chi connectivity index (χ0v) is 26.8. The maximum Gasteiger partial charge on any atom is 0.410 e. The summed E-state index contributed by atoms with van der Waals surface area (Å²) in [4.78, 5) is 26.3. The molecule has 0 aromatic carbocycles. The van der Waals surface area contributed by atoms with E-state index in [1.54, 1.807) is 4.90 Å². The molecule has 0 aromatic heterocycles. The largest absolute Gasteiger partial charge is 0.756 e. The summed E-state index contributed by atoms with van der Waals surface area (Å²) >= 11 is 0. The van der Waals surface area contributed by atoms with Gasteiger partial charge >= 0.3 is 6.09 Å². The van der Waals surface area contributed by atoms with Crippen LogP contribution < -0.4 is 4.89 Å². The number of hydrogen-bond donors (Lipinski definition) is 0. The minimum absolute atomic E-state index is 0.0120. The molecule has 1 aliphatic rings. The summed E-state index contributed by atoms with van der Waals surface area (Å²) in [6.45, 7) is 4.78. The van der Waals surface area contributed by atoms with E-state index in [2.05, 4.69) is 6.92 Å². The molecular formula is C29H59N2O8P. The summed E-state index contributed by atoms with van der Waals surface area (Å²) in [6, 6.07) is 0. The Labute approximate surface area is 244 Å². The lowest BCUT2D eigenvalue weighted by Crippen LogP contribution is -2.43. The highest BCUT2D eigenvalue weighted by molar-refractivity contribution is 7.45. The molecule has 2 unspecified atom stereocenters. The van der Waals surface area contributed by atoms with Crippen molar-refractivity contribution >= 4 is 13.9 Å². The van der Waals surface area contributed by atoms with Gasteiger partial charge in [-0.1, -0.05) is 90.4 Å². The number of phosphoric acid groups is 1. The van der Waals surface area contributed by atoms with Crippen molar-refractivity contribution in [2.75, 3.05) is 80.4 Å². The Kier molecular flexibility index (Phi) is 21.3. The molecule has 0 aliphatic carbocycles. The first-order valence-corrected chi connectivity index (χ1v) is 17.1. The van der Waals surface area contributed by atoms with Crippen molar-refractivity contribution in [1.29, 1.82) is 0 Å². The first-order chi connectivity index (χ1) is 19.1. The van der Waals surface area contributed by atoms with Crippen LogP contribution in [0.25, 0.3) is 0 Å². The summed E-state index contributed by atoms with van der Waals surface area (Å²) in [6.07, 6.45) is 16.6. The molecule has 0 spiro atoms. The Morgan fingerprint density at radius 1 is 0.825 bits per heavy atom. The molecule has 1 fully saturated rings. The summed E-state index contributed by atoms with van der Waals surface area (Å²) in [5.74, 6) is 0. The topological polar surface area (TPSA) is 107 Å². The molecule has 0 aromatic rings. The second-order valence-electron chi connectivity index (χ2n) is 11.9. The van der Waals surface area contributed by atoms with Crippen molar-refractivity contribution < 1.29 is 42.0 Å². The summed E-state index contributed by atoms with van der Waals surface area (Å²) in [5.41, 5.74) is 0. The number of unbranched alkanes of at least 4 members (excludes halogenated alkanes) is 13. The van der Waals surface area contributed by atoms with Crippen LogP contribution in [0.15, 0.2) is 0 Å². The van der Waals surface area contributed by atoms with Crippen LogP contribution >= 0.6 is 7.82 Å². The number of likely N-dealkylation sites (N-methyl/N-ethyl adjacent to an activating group) is 1. The third kappa shape index (κ3) is 21.9. The lowest BCUT2D eigenvalue weighted by Gasteiger charge is -2.30. The van der Waals surface area contributed by atoms with Gasteiger partial charge in [-0.05, 0) is 6.42 Å². The maximum atomic E-state index is 12.5. The number of amides is 1. The number of nitrogens with zero attached hydrogens (tertiary/aromatic N) is 2. The summed E-state index contributed by atoms with van der Waals surface area (Å²) < 4.78 is 39.3. The van der Waals surface area contributed by atoms with Gasteiger partial charge in [-0.2, -0.15) is 0 Å². The molecule has 11 heteroatoms. The van der Waals surface area contributed by atoms with Gasteiger partial charge in [0, 0.05) is 19.7 Å². The van der Waals surface area contributed by atoms with Crippen molar-refractivity contribution in [1.82, 2.24) is 4.90 Å². The lowest BCUT2D eigenvalue weighted by atomic mass is 10.0. The SMILES string of the molecule is CCCCCCCCCCCCCCCCOCC(COP(=O)([O-])OCC[N+](C)(C)C)OC(=O)N1CCOCC1. The van der Waals surface area contributed by atoms with Gasteiger partial charge in [0.25, 0.3) is 7.82 Å². The second kappa shape index (κ2) is 22.8. The van der Waals surface area contributed by atoms with Crippen LogP contribution in [-0.2, 0) is 27.8 Å². The number of quaternary nitrogens is 1. The highest BCUT2D eigenvalue weighted by Gasteiger charge is 2.24. The van der Waals surface area contributed by atoms with E-state index < -0.39 is 20.0 Å². The molecule has 0 N–H and O–H groups in total. The molecule has 0 saturated carbocycles. The zero-order chi connectivity index (χ0) is 29.5. The van der Waals surface area contributed by atoms with Crippen LogP contribution in [0.4, 0.5) is 4.79 Å². The monoisotopic (exact) mass is 594 g/mol. The van der Waals surface area contributed by atoms with E-state index in [1.807, 2.05) is 21.1 Å². The predicted molar refractivity (Wildman–Crippen MR) is 156 cm³/mol. The van der Waals surface area contributed by atoms with Gasteiger partial charge in [0.1, 0.15) is 13.2 Å². The van der Waals surface area contributed by atoms with Gasteiger partial charge in [0.05, 0.1) is 47.6 Å². The van der Waals surface area contributed by atoms with E-state index in [4.69, 9.17) is 23.3 Å². The highest BCUT2D eigenvalue weighted by atomic mass is 31.2. The van der Waals surface area contributed by atoms with Gasteiger partial charge in [0.15, 0.2) is 6.10 Å². The van der Waals surface area contributed by atoms with Gasteiger partial charge < -0.3 is 37.5 Å². The minimum Gasteiger partial charge on any atom is -0.756 e. The molecule has 0 bridgehead atoms. The molecular weight excluding hydrogens is 535 g/mol. The van der Waals surface area contributed by atoms with Crippen molar-refractivity contribution in [2.45, 2.75) is 103 Å². The Bertz CT molecular complexity index is 671. The zero-order valence-electron chi connectivity index (χ0n) is 25.9. The molecule has 1 saturated heterocycles. The Hall–Kier alpha value is -0.740. The average molecular weight is 595 g/mol. The number of ether oxygens (including phenoxy) is 3. The molecule has 1 heterocycles. The second-order valence-corrected chi connectivity index (χ2v) is 13.3. The summed E-state index contributed by atoms with van der Waals surface area (Å²) in [7, 11) is 1.30. The van der Waals surface area contributed by atoms with Crippen LogP contribution in [0.3, 0.4) is 0 Å². The fraction of sp³-hybridized carbons (Fsp3) is 0.966. The quantitative estimate of drug-likeness (QED) is 0.0772. The van der Waals surface area contributed by atoms with Crippen LogP contribution in [0.1, 0.15) is 96.8 Å². The van der Waals surface area contributed by atoms with Crippen LogP contribution in [0, 0.1) is 0 Å². The van der Waals surface area contributed by atoms with Crippen molar-refractivity contribution in [3.63, 3.8) is 0 Å². The molecule has 1 amide bonds. The third-order valence-electron chi connectivity index (χ3n) is 6.91. The fourth-order valence-corrected chi connectivity index (χ4v) is 5.06. The first kappa shape index (κ1) is 37.3. The van der Waals surface area contributed by atoms with Crippen LogP contribution in [-0.4, -0.2) is 102 Å². The van der Waals surface area contributed by atoms with E-state index in [0.717, 1.165) is 12.8 Å². The number of morpholine rings is 1. The van der Waals surface area contributed by atoms with Gasteiger partial charge in [-0.3, -0.25) is 4.57 Å². The van der Waals surface area contributed by atoms with Gasteiger partial charge in [0.2, 0.25) is 0 Å². The lowest BCUT2D eigenvalue weighted by molar-refractivity contribution is -0.870. The Morgan fingerprint density at radius 2 is 1.35 bits per heavy atom. The smallest absolute Gasteiger partial charge is 0.410 e.